The van der Waals surface area contributed by atoms with Gasteiger partial charge in [-0.05, 0) is 31.2 Å². The number of aromatic nitrogens is 2. The molecule has 0 saturated carbocycles. The van der Waals surface area contributed by atoms with E-state index < -0.39 is 0 Å². The van der Waals surface area contributed by atoms with Gasteiger partial charge in [0.1, 0.15) is 5.69 Å². The molecule has 2 aliphatic heterocycles. The predicted octanol–water partition coefficient (Wildman–Crippen LogP) is 1.87. The van der Waals surface area contributed by atoms with Crippen LogP contribution in [0.25, 0.3) is 0 Å². The number of hydrogen-bond donors (Lipinski definition) is 0. The number of carbonyl (C=O) groups is 1. The minimum Gasteiger partial charge on any atom is -0.379 e. The van der Waals surface area contributed by atoms with Gasteiger partial charge in [-0.2, -0.15) is 5.10 Å². The van der Waals surface area contributed by atoms with E-state index in [1.807, 2.05) is 13.1 Å². The van der Waals surface area contributed by atoms with Crippen LogP contribution in [0.15, 0.2) is 6.07 Å². The Labute approximate surface area is 144 Å². The quantitative estimate of drug-likeness (QED) is 0.843. The molecule has 2 saturated heterocycles. The van der Waals surface area contributed by atoms with Gasteiger partial charge in [0.15, 0.2) is 0 Å². The first-order valence-electron chi connectivity index (χ1n) is 9.21. The number of piperidine rings is 1. The lowest BCUT2D eigenvalue weighted by Gasteiger charge is -2.39. The molecule has 2 aliphatic rings. The van der Waals surface area contributed by atoms with Crippen molar-refractivity contribution < 1.29 is 9.53 Å². The van der Waals surface area contributed by atoms with Crippen LogP contribution in [0, 0.1) is 0 Å². The summed E-state index contributed by atoms with van der Waals surface area (Å²) in [6.45, 7) is 9.60. The van der Waals surface area contributed by atoms with Crippen molar-refractivity contribution in [2.45, 2.75) is 45.1 Å². The molecule has 0 N–H and O–H groups in total. The smallest absolute Gasteiger partial charge is 0.272 e. The summed E-state index contributed by atoms with van der Waals surface area (Å²) < 4.78 is 7.19. The van der Waals surface area contributed by atoms with Crippen molar-refractivity contribution in [1.82, 2.24) is 19.6 Å². The molecule has 1 amide bonds. The standard InChI is InChI=1S/C18H30N4O2/c1-14(2)16-12-17(20(3)19-16)18(23)22-7-5-4-6-15(22)13-21-8-10-24-11-9-21/h12,14-15H,4-11,13H2,1-3H3. The molecule has 3 rings (SSSR count). The van der Waals surface area contributed by atoms with Gasteiger partial charge < -0.3 is 9.64 Å². The third-order valence-corrected chi connectivity index (χ3v) is 5.17. The van der Waals surface area contributed by atoms with E-state index in [0.29, 0.717) is 17.7 Å². The molecule has 134 valence electrons. The maximum absolute atomic E-state index is 13.1. The Morgan fingerprint density at radius 3 is 2.71 bits per heavy atom. The maximum atomic E-state index is 13.1. The fraction of sp³-hybridized carbons (Fsp3) is 0.778. The predicted molar refractivity (Wildman–Crippen MR) is 93.2 cm³/mol. The maximum Gasteiger partial charge on any atom is 0.272 e. The summed E-state index contributed by atoms with van der Waals surface area (Å²) in [5.41, 5.74) is 1.70. The van der Waals surface area contributed by atoms with Gasteiger partial charge in [-0.25, -0.2) is 0 Å². The zero-order chi connectivity index (χ0) is 17.1. The fourth-order valence-electron chi connectivity index (χ4n) is 3.66. The summed E-state index contributed by atoms with van der Waals surface area (Å²) in [7, 11) is 1.88. The highest BCUT2D eigenvalue weighted by atomic mass is 16.5. The molecule has 0 aliphatic carbocycles. The summed E-state index contributed by atoms with van der Waals surface area (Å²) in [5.74, 6) is 0.470. The summed E-state index contributed by atoms with van der Waals surface area (Å²) in [5, 5.41) is 4.51. The molecule has 3 heterocycles. The molecular formula is C18H30N4O2. The Kier molecular flexibility index (Phi) is 5.56. The molecule has 0 bridgehead atoms. The lowest BCUT2D eigenvalue weighted by molar-refractivity contribution is 0.0163. The van der Waals surface area contributed by atoms with Crippen LogP contribution in [-0.2, 0) is 11.8 Å². The molecule has 2 fully saturated rings. The van der Waals surface area contributed by atoms with E-state index in [4.69, 9.17) is 4.74 Å². The molecule has 24 heavy (non-hydrogen) atoms. The zero-order valence-electron chi connectivity index (χ0n) is 15.2. The first-order chi connectivity index (χ1) is 11.6. The van der Waals surface area contributed by atoms with Crippen LogP contribution in [0.2, 0.25) is 0 Å². The van der Waals surface area contributed by atoms with Crippen molar-refractivity contribution in [3.8, 4) is 0 Å². The molecule has 1 unspecified atom stereocenters. The zero-order valence-corrected chi connectivity index (χ0v) is 15.2. The van der Waals surface area contributed by atoms with Crippen molar-refractivity contribution in [3.05, 3.63) is 17.5 Å². The van der Waals surface area contributed by atoms with E-state index in [0.717, 1.165) is 57.9 Å². The van der Waals surface area contributed by atoms with Crippen LogP contribution in [0.3, 0.4) is 0 Å². The Morgan fingerprint density at radius 1 is 1.29 bits per heavy atom. The highest BCUT2D eigenvalue weighted by molar-refractivity contribution is 5.93. The summed E-state index contributed by atoms with van der Waals surface area (Å²) in [4.78, 5) is 17.6. The van der Waals surface area contributed by atoms with Crippen molar-refractivity contribution in [2.75, 3.05) is 39.4 Å². The van der Waals surface area contributed by atoms with Gasteiger partial charge >= 0.3 is 0 Å². The number of ether oxygens (including phenoxy) is 1. The average Bonchev–Trinajstić information content (AvgIpc) is 2.98. The van der Waals surface area contributed by atoms with Crippen molar-refractivity contribution in [1.29, 1.82) is 0 Å². The van der Waals surface area contributed by atoms with Gasteiger partial charge in [0.2, 0.25) is 0 Å². The van der Waals surface area contributed by atoms with Crippen LogP contribution in [-0.4, -0.2) is 70.9 Å². The number of likely N-dealkylation sites (tertiary alicyclic amines) is 1. The number of carbonyl (C=O) groups excluding carboxylic acids is 1. The summed E-state index contributed by atoms with van der Waals surface area (Å²) >= 11 is 0. The summed E-state index contributed by atoms with van der Waals surface area (Å²) in [6, 6.07) is 2.27. The third kappa shape index (κ3) is 3.81. The number of amides is 1. The number of nitrogens with zero attached hydrogens (tertiary/aromatic N) is 4. The van der Waals surface area contributed by atoms with E-state index in [2.05, 4.69) is 28.7 Å². The van der Waals surface area contributed by atoms with E-state index in [1.165, 1.54) is 6.42 Å². The molecular weight excluding hydrogens is 304 g/mol. The van der Waals surface area contributed by atoms with E-state index in [1.54, 1.807) is 4.68 Å². The fourth-order valence-corrected chi connectivity index (χ4v) is 3.66. The van der Waals surface area contributed by atoms with Crippen molar-refractivity contribution in [2.24, 2.45) is 7.05 Å². The van der Waals surface area contributed by atoms with Gasteiger partial charge in [0.25, 0.3) is 5.91 Å². The van der Waals surface area contributed by atoms with E-state index in [9.17, 15) is 4.79 Å². The lowest BCUT2D eigenvalue weighted by atomic mass is 10.0. The second-order valence-electron chi connectivity index (χ2n) is 7.29. The normalized spacial score (nSPS) is 23.0. The first-order valence-corrected chi connectivity index (χ1v) is 9.21. The van der Waals surface area contributed by atoms with Gasteiger partial charge in [0, 0.05) is 39.3 Å². The van der Waals surface area contributed by atoms with Gasteiger partial charge in [-0.3, -0.25) is 14.4 Å². The topological polar surface area (TPSA) is 50.6 Å². The molecule has 6 nitrogen and oxygen atoms in total. The number of aryl methyl sites for hydroxylation is 1. The number of rotatable bonds is 4. The number of morpholine rings is 1. The van der Waals surface area contributed by atoms with Crippen LogP contribution in [0.1, 0.15) is 55.2 Å². The Morgan fingerprint density at radius 2 is 2.04 bits per heavy atom. The van der Waals surface area contributed by atoms with Crippen LogP contribution in [0.4, 0.5) is 0 Å². The van der Waals surface area contributed by atoms with Crippen molar-refractivity contribution >= 4 is 5.91 Å². The van der Waals surface area contributed by atoms with Crippen LogP contribution in [0.5, 0.6) is 0 Å². The van der Waals surface area contributed by atoms with Gasteiger partial charge in [-0.1, -0.05) is 13.8 Å². The second kappa shape index (κ2) is 7.66. The van der Waals surface area contributed by atoms with Crippen molar-refractivity contribution in [3.63, 3.8) is 0 Å². The van der Waals surface area contributed by atoms with Crippen LogP contribution >= 0.6 is 0 Å². The van der Waals surface area contributed by atoms with Gasteiger partial charge in [0.05, 0.1) is 18.9 Å². The SMILES string of the molecule is CC(C)c1cc(C(=O)N2CCCCC2CN2CCOCC2)n(C)n1. The monoisotopic (exact) mass is 334 g/mol. The van der Waals surface area contributed by atoms with E-state index in [-0.39, 0.29) is 5.91 Å². The number of hydrogen-bond acceptors (Lipinski definition) is 4. The summed E-state index contributed by atoms with van der Waals surface area (Å²) in [6.07, 6.45) is 3.40. The lowest BCUT2D eigenvalue weighted by Crippen LogP contribution is -2.51. The Hall–Kier alpha value is -1.40. The largest absolute Gasteiger partial charge is 0.379 e. The molecule has 1 atom stereocenters. The Balaban J connectivity index is 1.73. The molecule has 6 heteroatoms. The van der Waals surface area contributed by atoms with E-state index >= 15 is 0 Å². The molecule has 1 aromatic rings. The molecule has 0 aromatic carbocycles. The average molecular weight is 334 g/mol. The first kappa shape index (κ1) is 17.4. The minimum absolute atomic E-state index is 0.134. The van der Waals surface area contributed by atoms with Gasteiger partial charge in [-0.15, -0.1) is 0 Å². The van der Waals surface area contributed by atoms with Crippen LogP contribution < -0.4 is 0 Å². The second-order valence-corrected chi connectivity index (χ2v) is 7.29. The highest BCUT2D eigenvalue weighted by Crippen LogP contribution is 2.22. The molecule has 0 radical (unpaired) electrons. The minimum atomic E-state index is 0.134. The Bertz CT molecular complexity index is 563. The third-order valence-electron chi connectivity index (χ3n) is 5.17. The molecule has 1 aromatic heterocycles. The molecule has 0 spiro atoms. The highest BCUT2D eigenvalue weighted by Gasteiger charge is 2.31.